The van der Waals surface area contributed by atoms with E-state index in [0.717, 1.165) is 0 Å². The van der Waals surface area contributed by atoms with E-state index < -0.39 is 0 Å². The Hall–Kier alpha value is -3.40. The molecule has 0 saturated carbocycles. The molecule has 0 spiro atoms. The van der Waals surface area contributed by atoms with Crippen LogP contribution < -0.4 is 0 Å². The number of hydrogen-bond donors (Lipinski definition) is 0. The first-order chi connectivity index (χ1) is 22.5. The quantitative estimate of drug-likeness (QED) is 0.190. The molecule has 48 heavy (non-hydrogen) atoms. The van der Waals surface area contributed by atoms with Crippen molar-refractivity contribution in [3.05, 3.63) is 118 Å². The second-order valence-electron chi connectivity index (χ2n) is 15.3. The number of nitrogens with zero attached hydrogens (tertiary/aromatic N) is 4. The number of rotatable bonds is 8. The highest BCUT2D eigenvalue weighted by atomic mass is 14.7. The topological polar surface area (TPSA) is 51.6 Å². The summed E-state index contributed by atoms with van der Waals surface area (Å²) in [5.74, 6) is 4.57. The van der Waals surface area contributed by atoms with Crippen molar-refractivity contribution in [3.8, 4) is 0 Å². The van der Waals surface area contributed by atoms with E-state index in [0.29, 0.717) is 47.3 Å². The Balaban J connectivity index is 0.000000320. The van der Waals surface area contributed by atoms with Gasteiger partial charge in [-0.2, -0.15) is 0 Å². The lowest BCUT2D eigenvalue weighted by Gasteiger charge is -2.14. The van der Waals surface area contributed by atoms with Crippen molar-refractivity contribution in [1.82, 2.24) is 19.9 Å². The lowest BCUT2D eigenvalue weighted by molar-refractivity contribution is 0.783. The highest BCUT2D eigenvalue weighted by Gasteiger charge is 2.09. The van der Waals surface area contributed by atoms with Gasteiger partial charge >= 0.3 is 0 Å². The molecule has 4 aromatic heterocycles. The molecule has 4 heteroatoms. The molecule has 0 saturated heterocycles. The molecule has 0 bridgehead atoms. The van der Waals surface area contributed by atoms with Gasteiger partial charge in [-0.05, 0) is 98.9 Å². The fraction of sp³-hybridized carbons (Fsp3) is 0.545. The van der Waals surface area contributed by atoms with Crippen LogP contribution in [0.3, 0.4) is 0 Å². The van der Waals surface area contributed by atoms with Gasteiger partial charge in [0, 0.05) is 48.6 Å². The van der Waals surface area contributed by atoms with Crippen molar-refractivity contribution in [1.29, 1.82) is 0 Å². The molecule has 4 nitrogen and oxygen atoms in total. The third-order valence-corrected chi connectivity index (χ3v) is 8.38. The van der Waals surface area contributed by atoms with E-state index in [9.17, 15) is 0 Å². The van der Waals surface area contributed by atoms with Crippen molar-refractivity contribution in [3.63, 3.8) is 0 Å². The fourth-order valence-electron chi connectivity index (χ4n) is 4.73. The molecule has 4 aromatic rings. The Kier molecular flexibility index (Phi) is 19.1. The van der Waals surface area contributed by atoms with Crippen LogP contribution in [0.15, 0.2) is 73.6 Å². The molecule has 0 aliphatic rings. The summed E-state index contributed by atoms with van der Waals surface area (Å²) in [6.45, 7) is 35.1. The fourth-order valence-corrected chi connectivity index (χ4v) is 4.73. The van der Waals surface area contributed by atoms with Gasteiger partial charge in [0.1, 0.15) is 0 Å². The van der Waals surface area contributed by atoms with Crippen molar-refractivity contribution in [2.75, 3.05) is 0 Å². The minimum atomic E-state index is 0.534. The maximum absolute atomic E-state index is 4.40. The van der Waals surface area contributed by atoms with E-state index in [2.05, 4.69) is 167 Å². The van der Waals surface area contributed by atoms with Gasteiger partial charge in [-0.15, -0.1) is 0 Å². The van der Waals surface area contributed by atoms with Gasteiger partial charge in [0.05, 0.1) is 0 Å². The Bertz CT molecular complexity index is 1250. The molecular weight excluding hydrogens is 585 g/mol. The molecule has 4 heterocycles. The Morgan fingerprint density at radius 3 is 1.00 bits per heavy atom. The van der Waals surface area contributed by atoms with Gasteiger partial charge in [0.15, 0.2) is 0 Å². The summed E-state index contributed by atoms with van der Waals surface area (Å²) in [6.07, 6.45) is 11.7. The smallest absolute Gasteiger partial charge is 0.0429 e. The Morgan fingerprint density at radius 2 is 0.729 bits per heavy atom. The normalized spacial score (nSPS) is 11.2. The Labute approximate surface area is 295 Å². The highest BCUT2D eigenvalue weighted by molar-refractivity contribution is 5.29. The number of pyridine rings is 4. The van der Waals surface area contributed by atoms with Crippen LogP contribution in [0.25, 0.3) is 0 Å². The molecule has 4 rings (SSSR count). The minimum Gasteiger partial charge on any atom is -0.264 e. The van der Waals surface area contributed by atoms with Crippen molar-refractivity contribution in [2.24, 2.45) is 0 Å². The van der Waals surface area contributed by atoms with E-state index in [4.69, 9.17) is 0 Å². The summed E-state index contributed by atoms with van der Waals surface area (Å²) >= 11 is 0. The third kappa shape index (κ3) is 15.2. The SMILES string of the molecule is CC(C)c1ccc(C(C)C)nc1.CC(C)c1ccc(C(C)C)nc1.CC(C)c1ccncc1C(C)C.CC(C)c1cncc(C(C)C)c1. The zero-order chi connectivity index (χ0) is 36.6. The van der Waals surface area contributed by atoms with Crippen LogP contribution in [0.5, 0.6) is 0 Å². The molecular formula is C44H68N4. The van der Waals surface area contributed by atoms with Crippen LogP contribution in [0.4, 0.5) is 0 Å². The van der Waals surface area contributed by atoms with E-state index >= 15 is 0 Å². The van der Waals surface area contributed by atoms with Crippen molar-refractivity contribution in [2.45, 2.75) is 158 Å². The maximum Gasteiger partial charge on any atom is 0.0429 e. The summed E-state index contributed by atoms with van der Waals surface area (Å²) in [5, 5.41) is 0. The third-order valence-electron chi connectivity index (χ3n) is 8.38. The predicted molar refractivity (Wildman–Crippen MR) is 210 cm³/mol. The molecule has 0 aliphatic heterocycles. The molecule has 0 radical (unpaired) electrons. The van der Waals surface area contributed by atoms with Crippen LogP contribution in [0, 0.1) is 0 Å². The van der Waals surface area contributed by atoms with Gasteiger partial charge in [-0.3, -0.25) is 19.9 Å². The van der Waals surface area contributed by atoms with Crippen molar-refractivity contribution >= 4 is 0 Å². The molecule has 0 atom stereocenters. The molecule has 0 N–H and O–H groups in total. The average Bonchev–Trinajstić information content (AvgIpc) is 3.05. The maximum atomic E-state index is 4.40. The lowest BCUT2D eigenvalue weighted by Crippen LogP contribution is -1.98. The number of hydrogen-bond acceptors (Lipinski definition) is 4. The first-order valence-electron chi connectivity index (χ1n) is 18.3. The van der Waals surface area contributed by atoms with Crippen LogP contribution >= 0.6 is 0 Å². The van der Waals surface area contributed by atoms with E-state index in [1.54, 1.807) is 0 Å². The lowest BCUT2D eigenvalue weighted by atomic mass is 9.93. The van der Waals surface area contributed by atoms with Crippen LogP contribution in [0.1, 0.15) is 203 Å². The molecule has 264 valence electrons. The van der Waals surface area contributed by atoms with Gasteiger partial charge in [-0.25, -0.2) is 0 Å². The summed E-state index contributed by atoms with van der Waals surface area (Å²) < 4.78 is 0. The average molecular weight is 653 g/mol. The summed E-state index contributed by atoms with van der Waals surface area (Å²) in [5.41, 5.74) is 10.5. The second kappa shape index (κ2) is 21.5. The molecule has 0 fully saturated rings. The predicted octanol–water partition coefficient (Wildman–Crippen LogP) is 13.3. The summed E-state index contributed by atoms with van der Waals surface area (Å²) in [4.78, 5) is 17.2. The molecule has 0 amide bonds. The van der Waals surface area contributed by atoms with Gasteiger partial charge in [-0.1, -0.05) is 129 Å². The monoisotopic (exact) mass is 653 g/mol. The standard InChI is InChI=1S/4C11H17N/c1-8(2)10-5-11(9(3)4)7-12-6-10;1-8(2)10-5-6-12-7-11(10)9(3)4;2*1-8(2)10-5-6-11(9(3)4)12-7-10/h4*5-9H,1-4H3. The second-order valence-corrected chi connectivity index (χ2v) is 15.3. The summed E-state index contributed by atoms with van der Waals surface area (Å²) in [7, 11) is 0. The molecule has 0 unspecified atom stereocenters. The molecule has 0 aliphatic carbocycles. The largest absolute Gasteiger partial charge is 0.264 e. The van der Waals surface area contributed by atoms with Gasteiger partial charge < -0.3 is 0 Å². The van der Waals surface area contributed by atoms with Crippen LogP contribution in [-0.4, -0.2) is 19.9 Å². The van der Waals surface area contributed by atoms with Gasteiger partial charge in [0.2, 0.25) is 0 Å². The van der Waals surface area contributed by atoms with Crippen molar-refractivity contribution < 1.29 is 0 Å². The van der Waals surface area contributed by atoms with E-state index in [-0.39, 0.29) is 0 Å². The zero-order valence-corrected chi connectivity index (χ0v) is 33.3. The zero-order valence-electron chi connectivity index (χ0n) is 33.3. The van der Waals surface area contributed by atoms with E-state index in [1.807, 2.05) is 37.2 Å². The highest BCUT2D eigenvalue weighted by Crippen LogP contribution is 2.24. The molecule has 0 aromatic carbocycles. The first kappa shape index (κ1) is 42.6. The van der Waals surface area contributed by atoms with E-state index in [1.165, 1.54) is 44.8 Å². The van der Waals surface area contributed by atoms with Crippen LogP contribution in [0.2, 0.25) is 0 Å². The van der Waals surface area contributed by atoms with Crippen LogP contribution in [-0.2, 0) is 0 Å². The summed E-state index contributed by atoms with van der Waals surface area (Å²) in [6, 6.07) is 13.0. The minimum absolute atomic E-state index is 0.534. The first-order valence-corrected chi connectivity index (χ1v) is 18.3. The van der Waals surface area contributed by atoms with Gasteiger partial charge in [0.25, 0.3) is 0 Å². The number of aromatic nitrogens is 4. The Morgan fingerprint density at radius 1 is 0.333 bits per heavy atom.